The van der Waals surface area contributed by atoms with Gasteiger partial charge in [-0.25, -0.2) is 0 Å². The highest BCUT2D eigenvalue weighted by Gasteiger charge is 2.27. The predicted molar refractivity (Wildman–Crippen MR) is 97.4 cm³/mol. The molecule has 2 atom stereocenters. The van der Waals surface area contributed by atoms with Crippen molar-refractivity contribution in [1.29, 1.82) is 0 Å². The number of amides is 2. The SMILES string of the molecule is CCCC(C)(N)C(=O)Nc1ccc(NC(=O)C2CCCO2)cc1.Cl. The normalized spacial score (nSPS) is 19.0. The van der Waals surface area contributed by atoms with Crippen LogP contribution in [-0.4, -0.2) is 30.1 Å². The summed E-state index contributed by atoms with van der Waals surface area (Å²) >= 11 is 0. The smallest absolute Gasteiger partial charge is 0.253 e. The molecule has 2 amide bonds. The van der Waals surface area contributed by atoms with Gasteiger partial charge >= 0.3 is 0 Å². The third-order valence-corrected chi connectivity index (χ3v) is 3.92. The Balaban J connectivity index is 0.00000288. The second-order valence-corrected chi connectivity index (χ2v) is 6.19. The highest BCUT2D eigenvalue weighted by molar-refractivity contribution is 5.98. The molecule has 2 rings (SSSR count). The van der Waals surface area contributed by atoms with Gasteiger partial charge in [-0.05, 0) is 50.5 Å². The first-order chi connectivity index (χ1) is 10.9. The van der Waals surface area contributed by atoms with Gasteiger partial charge in [0.1, 0.15) is 6.10 Å². The van der Waals surface area contributed by atoms with Crippen LogP contribution in [0.4, 0.5) is 11.4 Å². The van der Waals surface area contributed by atoms with E-state index < -0.39 is 5.54 Å². The van der Waals surface area contributed by atoms with E-state index in [1.807, 2.05) is 6.92 Å². The number of rotatable bonds is 6. The number of halogens is 1. The Morgan fingerprint density at radius 1 is 1.25 bits per heavy atom. The number of nitrogens with two attached hydrogens (primary N) is 1. The van der Waals surface area contributed by atoms with E-state index in [0.717, 1.165) is 19.3 Å². The Bertz CT molecular complexity index is 555. The first-order valence-electron chi connectivity index (χ1n) is 8.05. The number of carbonyl (C=O) groups excluding carboxylic acids is 2. The zero-order valence-corrected chi connectivity index (χ0v) is 14.9. The minimum atomic E-state index is -0.887. The summed E-state index contributed by atoms with van der Waals surface area (Å²) in [6, 6.07) is 6.97. The maximum atomic E-state index is 12.1. The molecule has 6 nitrogen and oxygen atoms in total. The van der Waals surface area contributed by atoms with Crippen molar-refractivity contribution in [2.75, 3.05) is 17.2 Å². The Morgan fingerprint density at radius 3 is 2.33 bits per heavy atom. The number of hydrogen-bond acceptors (Lipinski definition) is 4. The van der Waals surface area contributed by atoms with E-state index in [1.165, 1.54) is 0 Å². The predicted octanol–water partition coefficient (Wildman–Crippen LogP) is 2.68. The first kappa shape index (κ1) is 20.4. The average Bonchev–Trinajstić information content (AvgIpc) is 3.03. The topological polar surface area (TPSA) is 93.5 Å². The molecule has 4 N–H and O–H groups in total. The molecule has 24 heavy (non-hydrogen) atoms. The number of ether oxygens (including phenoxy) is 1. The minimum absolute atomic E-state index is 0. The average molecular weight is 356 g/mol. The molecule has 0 radical (unpaired) electrons. The van der Waals surface area contributed by atoms with Crippen LogP contribution >= 0.6 is 12.4 Å². The summed E-state index contributed by atoms with van der Waals surface area (Å²) < 4.78 is 5.34. The van der Waals surface area contributed by atoms with Crippen molar-refractivity contribution in [3.05, 3.63) is 24.3 Å². The van der Waals surface area contributed by atoms with Gasteiger partial charge in [0.05, 0.1) is 5.54 Å². The summed E-state index contributed by atoms with van der Waals surface area (Å²) in [6.45, 7) is 4.35. The highest BCUT2D eigenvalue weighted by atomic mass is 35.5. The van der Waals surface area contributed by atoms with E-state index >= 15 is 0 Å². The van der Waals surface area contributed by atoms with Crippen molar-refractivity contribution in [1.82, 2.24) is 0 Å². The van der Waals surface area contributed by atoms with Crippen molar-refractivity contribution < 1.29 is 14.3 Å². The minimum Gasteiger partial charge on any atom is -0.368 e. The Labute approximate surface area is 148 Å². The third kappa shape index (κ3) is 5.47. The molecule has 1 aliphatic heterocycles. The Morgan fingerprint density at radius 2 is 1.83 bits per heavy atom. The zero-order chi connectivity index (χ0) is 16.9. The Kier molecular flexibility index (Phi) is 7.66. The van der Waals surface area contributed by atoms with Gasteiger partial charge in [-0.3, -0.25) is 9.59 Å². The monoisotopic (exact) mass is 355 g/mol. The quantitative estimate of drug-likeness (QED) is 0.731. The molecule has 2 unspecified atom stereocenters. The second kappa shape index (κ2) is 9.01. The fourth-order valence-corrected chi connectivity index (χ4v) is 2.55. The van der Waals surface area contributed by atoms with Gasteiger partial charge in [0.15, 0.2) is 0 Å². The van der Waals surface area contributed by atoms with E-state index in [0.29, 0.717) is 24.4 Å². The maximum absolute atomic E-state index is 12.1. The molecular formula is C17H26ClN3O3. The van der Waals surface area contributed by atoms with Crippen LogP contribution in [0.15, 0.2) is 24.3 Å². The van der Waals surface area contributed by atoms with Crippen LogP contribution < -0.4 is 16.4 Å². The van der Waals surface area contributed by atoms with Crippen LogP contribution in [0, 0.1) is 0 Å². The molecular weight excluding hydrogens is 330 g/mol. The number of hydrogen-bond donors (Lipinski definition) is 3. The molecule has 0 spiro atoms. The van der Waals surface area contributed by atoms with Crippen LogP contribution in [0.3, 0.4) is 0 Å². The van der Waals surface area contributed by atoms with Gasteiger partial charge in [0.25, 0.3) is 5.91 Å². The summed E-state index contributed by atoms with van der Waals surface area (Å²) in [4.78, 5) is 24.1. The number of nitrogens with one attached hydrogen (secondary N) is 2. The molecule has 0 aromatic heterocycles. The fraction of sp³-hybridized carbons (Fsp3) is 0.529. The molecule has 1 heterocycles. The summed E-state index contributed by atoms with van der Waals surface area (Å²) in [6.07, 6.45) is 2.77. The standard InChI is InChI=1S/C17H25N3O3.ClH/c1-3-10-17(2,18)16(22)20-13-8-6-12(7-9-13)19-15(21)14-5-4-11-23-14;/h6-9,14H,3-5,10-11,18H2,1-2H3,(H,19,21)(H,20,22);1H. The highest BCUT2D eigenvalue weighted by Crippen LogP contribution is 2.18. The number of benzene rings is 1. The van der Waals surface area contributed by atoms with Gasteiger partial charge in [-0.1, -0.05) is 13.3 Å². The van der Waals surface area contributed by atoms with E-state index in [4.69, 9.17) is 10.5 Å². The summed E-state index contributed by atoms with van der Waals surface area (Å²) in [5, 5.41) is 5.61. The van der Waals surface area contributed by atoms with Crippen molar-refractivity contribution in [2.45, 2.75) is 51.2 Å². The zero-order valence-electron chi connectivity index (χ0n) is 14.1. The van der Waals surface area contributed by atoms with Gasteiger partial charge in [0.2, 0.25) is 5.91 Å². The lowest BCUT2D eigenvalue weighted by Crippen LogP contribution is -2.48. The summed E-state index contributed by atoms with van der Waals surface area (Å²) in [5.41, 5.74) is 6.44. The van der Waals surface area contributed by atoms with Gasteiger partial charge in [-0.15, -0.1) is 12.4 Å². The van der Waals surface area contributed by atoms with Crippen molar-refractivity contribution in [3.63, 3.8) is 0 Å². The molecule has 7 heteroatoms. The van der Waals surface area contributed by atoms with E-state index in [-0.39, 0.29) is 30.3 Å². The van der Waals surface area contributed by atoms with Gasteiger partial charge in [-0.2, -0.15) is 0 Å². The third-order valence-electron chi connectivity index (χ3n) is 3.92. The lowest BCUT2D eigenvalue weighted by molar-refractivity contribution is -0.124. The fourth-order valence-electron chi connectivity index (χ4n) is 2.55. The van der Waals surface area contributed by atoms with Crippen LogP contribution in [0.2, 0.25) is 0 Å². The molecule has 1 saturated heterocycles. The molecule has 1 aromatic carbocycles. The maximum Gasteiger partial charge on any atom is 0.253 e. The summed E-state index contributed by atoms with van der Waals surface area (Å²) in [5.74, 6) is -0.341. The van der Waals surface area contributed by atoms with E-state index in [9.17, 15) is 9.59 Å². The lowest BCUT2D eigenvalue weighted by Gasteiger charge is -2.22. The lowest BCUT2D eigenvalue weighted by atomic mass is 9.96. The van der Waals surface area contributed by atoms with E-state index in [2.05, 4.69) is 10.6 Å². The largest absolute Gasteiger partial charge is 0.368 e. The number of carbonyl (C=O) groups is 2. The van der Waals surface area contributed by atoms with Crippen LogP contribution in [0.1, 0.15) is 39.5 Å². The molecule has 1 aromatic rings. The molecule has 1 aliphatic rings. The molecule has 0 aliphatic carbocycles. The van der Waals surface area contributed by atoms with Gasteiger partial charge < -0.3 is 21.1 Å². The van der Waals surface area contributed by atoms with Crippen LogP contribution in [0.5, 0.6) is 0 Å². The summed E-state index contributed by atoms with van der Waals surface area (Å²) in [7, 11) is 0. The van der Waals surface area contributed by atoms with Gasteiger partial charge in [0, 0.05) is 18.0 Å². The van der Waals surface area contributed by atoms with Crippen molar-refractivity contribution in [3.8, 4) is 0 Å². The molecule has 1 fully saturated rings. The molecule has 0 saturated carbocycles. The molecule has 134 valence electrons. The van der Waals surface area contributed by atoms with Crippen LogP contribution in [-0.2, 0) is 14.3 Å². The second-order valence-electron chi connectivity index (χ2n) is 6.19. The first-order valence-corrected chi connectivity index (χ1v) is 8.05. The van der Waals surface area contributed by atoms with E-state index in [1.54, 1.807) is 31.2 Å². The molecule has 0 bridgehead atoms. The van der Waals surface area contributed by atoms with Crippen LogP contribution in [0.25, 0.3) is 0 Å². The number of anilines is 2. The Hall–Kier alpha value is -1.63. The van der Waals surface area contributed by atoms with Crippen molar-refractivity contribution >= 4 is 35.6 Å². The van der Waals surface area contributed by atoms with Crippen molar-refractivity contribution in [2.24, 2.45) is 5.73 Å².